The number of likely N-dealkylation sites (N-methyl/N-ethyl adjacent to an activating group) is 1. The highest BCUT2D eigenvalue weighted by atomic mass is 19.1. The normalized spacial score (nSPS) is 15.2. The minimum absolute atomic E-state index is 0.266. The first-order valence-electron chi connectivity index (χ1n) is 7.91. The van der Waals surface area contributed by atoms with Crippen molar-refractivity contribution >= 4 is 23.3 Å². The summed E-state index contributed by atoms with van der Waals surface area (Å²) in [4.78, 5) is 25.4. The van der Waals surface area contributed by atoms with Gasteiger partial charge in [0.05, 0.1) is 5.69 Å². The first-order chi connectivity index (χ1) is 11.0. The Balaban J connectivity index is 1.93. The van der Waals surface area contributed by atoms with Gasteiger partial charge in [0.1, 0.15) is 11.9 Å². The Morgan fingerprint density at radius 3 is 2.61 bits per heavy atom. The number of amides is 3. The maximum atomic E-state index is 14.2. The van der Waals surface area contributed by atoms with E-state index in [4.69, 9.17) is 0 Å². The van der Waals surface area contributed by atoms with Crippen LogP contribution in [0.25, 0.3) is 0 Å². The van der Waals surface area contributed by atoms with Gasteiger partial charge in [-0.05, 0) is 44.9 Å². The molecule has 23 heavy (non-hydrogen) atoms. The fourth-order valence-corrected chi connectivity index (χ4v) is 2.56. The van der Waals surface area contributed by atoms with E-state index in [2.05, 4.69) is 16.0 Å². The number of hydrogen-bond donors (Lipinski definition) is 3. The molecule has 1 aliphatic rings. The number of hydrogen-bond acceptors (Lipinski definition) is 3. The Labute approximate surface area is 135 Å². The van der Waals surface area contributed by atoms with Crippen molar-refractivity contribution < 1.29 is 14.0 Å². The first kappa shape index (κ1) is 17.1. The molecule has 0 unspecified atom stereocenters. The molecule has 126 valence electrons. The zero-order valence-electron chi connectivity index (χ0n) is 13.5. The van der Waals surface area contributed by atoms with E-state index in [1.54, 1.807) is 26.0 Å². The Bertz CT molecular complexity index is 573. The predicted octanol–water partition coefficient (Wildman–Crippen LogP) is 2.07. The Morgan fingerprint density at radius 2 is 2.00 bits per heavy atom. The number of rotatable bonds is 5. The topological polar surface area (TPSA) is 73.5 Å². The van der Waals surface area contributed by atoms with Gasteiger partial charge in [-0.1, -0.05) is 0 Å². The lowest BCUT2D eigenvalue weighted by atomic mass is 10.2. The van der Waals surface area contributed by atoms with Crippen LogP contribution in [0.5, 0.6) is 0 Å². The van der Waals surface area contributed by atoms with Crippen LogP contribution in [0.2, 0.25) is 0 Å². The summed E-state index contributed by atoms with van der Waals surface area (Å²) in [5.41, 5.74) is 0.912. The van der Waals surface area contributed by atoms with Gasteiger partial charge >= 0.3 is 6.03 Å². The molecule has 0 radical (unpaired) electrons. The molecule has 0 bridgehead atoms. The number of urea groups is 1. The number of nitrogens with zero attached hydrogens (tertiary/aromatic N) is 1. The van der Waals surface area contributed by atoms with Gasteiger partial charge < -0.3 is 20.9 Å². The van der Waals surface area contributed by atoms with Crippen LogP contribution in [0, 0.1) is 5.82 Å². The molecule has 3 amide bonds. The lowest BCUT2D eigenvalue weighted by molar-refractivity contribution is -0.122. The van der Waals surface area contributed by atoms with E-state index < -0.39 is 12.1 Å². The highest BCUT2D eigenvalue weighted by Crippen LogP contribution is 2.25. The van der Waals surface area contributed by atoms with Crippen molar-refractivity contribution in [2.75, 3.05) is 29.9 Å². The maximum absolute atomic E-state index is 14.2. The van der Waals surface area contributed by atoms with E-state index in [-0.39, 0.29) is 11.7 Å². The third kappa shape index (κ3) is 4.58. The molecule has 1 aromatic carbocycles. The monoisotopic (exact) mass is 322 g/mol. The lowest BCUT2D eigenvalue weighted by Gasteiger charge is -2.19. The van der Waals surface area contributed by atoms with Crippen molar-refractivity contribution in [2.45, 2.75) is 32.7 Å². The summed E-state index contributed by atoms with van der Waals surface area (Å²) in [6.07, 6.45) is 2.14. The van der Waals surface area contributed by atoms with E-state index in [1.807, 2.05) is 4.90 Å². The van der Waals surface area contributed by atoms with Gasteiger partial charge in [-0.3, -0.25) is 4.79 Å². The minimum Gasteiger partial charge on any atom is -0.369 e. The molecule has 1 aromatic rings. The fourth-order valence-electron chi connectivity index (χ4n) is 2.56. The predicted molar refractivity (Wildman–Crippen MR) is 88.1 cm³/mol. The van der Waals surface area contributed by atoms with Crippen LogP contribution >= 0.6 is 0 Å². The number of carbonyl (C=O) groups is 2. The number of halogens is 1. The summed E-state index contributed by atoms with van der Waals surface area (Å²) in [5.74, 6) is -0.625. The van der Waals surface area contributed by atoms with Crippen LogP contribution in [0.1, 0.15) is 26.7 Å². The second-order valence-corrected chi connectivity index (χ2v) is 5.58. The summed E-state index contributed by atoms with van der Waals surface area (Å²) in [6.45, 7) is 5.59. The molecule has 1 saturated heterocycles. The molecular formula is C16H23FN4O2. The zero-order valence-corrected chi connectivity index (χ0v) is 13.5. The Hall–Kier alpha value is -2.31. The van der Waals surface area contributed by atoms with Crippen LogP contribution in [0.15, 0.2) is 18.2 Å². The first-order valence-corrected chi connectivity index (χ1v) is 7.91. The zero-order chi connectivity index (χ0) is 16.8. The molecule has 0 spiro atoms. The van der Waals surface area contributed by atoms with E-state index in [1.165, 1.54) is 6.07 Å². The Kier molecular flexibility index (Phi) is 5.78. The second-order valence-electron chi connectivity index (χ2n) is 5.58. The van der Waals surface area contributed by atoms with E-state index in [9.17, 15) is 14.0 Å². The van der Waals surface area contributed by atoms with Crippen molar-refractivity contribution in [3.8, 4) is 0 Å². The van der Waals surface area contributed by atoms with Gasteiger partial charge in [0.25, 0.3) is 0 Å². The van der Waals surface area contributed by atoms with Crippen molar-refractivity contribution in [1.29, 1.82) is 0 Å². The summed E-state index contributed by atoms with van der Waals surface area (Å²) in [6, 6.07) is 3.42. The second kappa shape index (κ2) is 7.80. The van der Waals surface area contributed by atoms with E-state index >= 15 is 0 Å². The molecule has 2 rings (SSSR count). The summed E-state index contributed by atoms with van der Waals surface area (Å²) >= 11 is 0. The van der Waals surface area contributed by atoms with Crippen LogP contribution < -0.4 is 20.9 Å². The average molecular weight is 322 g/mol. The molecule has 7 heteroatoms. The average Bonchev–Trinajstić information content (AvgIpc) is 3.01. The van der Waals surface area contributed by atoms with Gasteiger partial charge in [-0.25, -0.2) is 9.18 Å². The molecule has 6 nitrogen and oxygen atoms in total. The van der Waals surface area contributed by atoms with Gasteiger partial charge in [-0.15, -0.1) is 0 Å². The van der Waals surface area contributed by atoms with Crippen molar-refractivity contribution in [2.24, 2.45) is 0 Å². The summed E-state index contributed by atoms with van der Waals surface area (Å²) in [7, 11) is 0. The van der Waals surface area contributed by atoms with Crippen LogP contribution in [-0.4, -0.2) is 37.6 Å². The van der Waals surface area contributed by atoms with E-state index in [0.29, 0.717) is 17.9 Å². The smallest absolute Gasteiger partial charge is 0.319 e. The minimum atomic E-state index is -0.663. The maximum Gasteiger partial charge on any atom is 0.319 e. The van der Waals surface area contributed by atoms with Crippen LogP contribution in [0.3, 0.4) is 0 Å². The standard InChI is InChI=1S/C16H23FN4O2/c1-3-18-15(22)11(2)19-16(23)20-12-6-7-14(13(17)10-12)21-8-4-5-9-21/h6-7,10-11H,3-5,8-9H2,1-2H3,(H,18,22)(H2,19,20,23)/t11-/m1/s1. The molecule has 1 heterocycles. The molecule has 0 saturated carbocycles. The molecule has 0 aliphatic carbocycles. The van der Waals surface area contributed by atoms with Crippen LogP contribution in [-0.2, 0) is 4.79 Å². The number of nitrogens with one attached hydrogen (secondary N) is 3. The van der Waals surface area contributed by atoms with Crippen molar-refractivity contribution in [3.05, 3.63) is 24.0 Å². The SMILES string of the molecule is CCNC(=O)[C@@H](C)NC(=O)Nc1ccc(N2CCCC2)c(F)c1. The van der Waals surface area contributed by atoms with Gasteiger partial charge in [0.2, 0.25) is 5.91 Å². The lowest BCUT2D eigenvalue weighted by Crippen LogP contribution is -2.46. The highest BCUT2D eigenvalue weighted by Gasteiger charge is 2.18. The molecule has 1 fully saturated rings. The van der Waals surface area contributed by atoms with Gasteiger partial charge in [-0.2, -0.15) is 0 Å². The molecule has 3 N–H and O–H groups in total. The van der Waals surface area contributed by atoms with Crippen molar-refractivity contribution in [1.82, 2.24) is 10.6 Å². The highest BCUT2D eigenvalue weighted by molar-refractivity contribution is 5.93. The largest absolute Gasteiger partial charge is 0.369 e. The van der Waals surface area contributed by atoms with Crippen LogP contribution in [0.4, 0.5) is 20.6 Å². The van der Waals surface area contributed by atoms with Gasteiger partial charge in [0.15, 0.2) is 0 Å². The van der Waals surface area contributed by atoms with Gasteiger partial charge in [0, 0.05) is 25.3 Å². The fraction of sp³-hybridized carbons (Fsp3) is 0.500. The molecular weight excluding hydrogens is 299 g/mol. The Morgan fingerprint density at radius 1 is 1.30 bits per heavy atom. The number of carbonyl (C=O) groups excluding carboxylic acids is 2. The third-order valence-corrected chi connectivity index (χ3v) is 3.74. The third-order valence-electron chi connectivity index (χ3n) is 3.74. The molecule has 1 atom stereocenters. The number of benzene rings is 1. The number of anilines is 2. The summed E-state index contributed by atoms with van der Waals surface area (Å²) < 4.78 is 14.2. The summed E-state index contributed by atoms with van der Waals surface area (Å²) in [5, 5.41) is 7.66. The van der Waals surface area contributed by atoms with E-state index in [0.717, 1.165) is 25.9 Å². The van der Waals surface area contributed by atoms with Crippen molar-refractivity contribution in [3.63, 3.8) is 0 Å². The quantitative estimate of drug-likeness (QED) is 0.777. The molecule has 1 aliphatic heterocycles. The molecule has 0 aromatic heterocycles.